The number of fused-ring (bicyclic) bond motifs is 1. The molecular weight excluding hydrogens is 376 g/mol. The van der Waals surface area contributed by atoms with Crippen LogP contribution in [0.5, 0.6) is 11.5 Å². The SMILES string of the molecule is O=C(Oc1ccc2c(c1)O/C(=C\c1ccncc1)C2=O)c1ccc([N+](=O)[O-])cc1. The van der Waals surface area contributed by atoms with Crippen LogP contribution < -0.4 is 9.47 Å². The number of aromatic nitrogens is 1. The molecule has 0 radical (unpaired) electrons. The normalized spacial score (nSPS) is 13.7. The van der Waals surface area contributed by atoms with Crippen molar-refractivity contribution < 1.29 is 24.0 Å². The number of ketones is 1. The molecular formula is C21H12N2O6. The van der Waals surface area contributed by atoms with Gasteiger partial charge >= 0.3 is 5.97 Å². The molecule has 0 saturated heterocycles. The maximum absolute atomic E-state index is 12.5. The van der Waals surface area contributed by atoms with E-state index in [9.17, 15) is 19.7 Å². The lowest BCUT2D eigenvalue weighted by Crippen LogP contribution is -2.08. The first-order valence-corrected chi connectivity index (χ1v) is 8.46. The van der Waals surface area contributed by atoms with Crippen LogP contribution in [-0.4, -0.2) is 21.7 Å². The Balaban J connectivity index is 1.52. The Bertz CT molecular complexity index is 1150. The molecule has 2 aromatic carbocycles. The fraction of sp³-hybridized carbons (Fsp3) is 0. The number of pyridine rings is 1. The molecule has 1 aliphatic heterocycles. The number of nitro benzene ring substituents is 1. The number of ether oxygens (including phenoxy) is 2. The highest BCUT2D eigenvalue weighted by Gasteiger charge is 2.28. The summed E-state index contributed by atoms with van der Waals surface area (Å²) in [5, 5.41) is 10.7. The standard InChI is InChI=1S/C21H12N2O6/c24-20-17-6-5-16(28-21(25)14-1-3-15(4-2-14)23(26)27)12-18(17)29-19(20)11-13-7-9-22-10-8-13/h1-12H/b19-11-. The molecule has 0 spiro atoms. The van der Waals surface area contributed by atoms with Gasteiger partial charge in [-0.2, -0.15) is 0 Å². The lowest BCUT2D eigenvalue weighted by molar-refractivity contribution is -0.384. The number of rotatable bonds is 4. The van der Waals surface area contributed by atoms with Gasteiger partial charge in [0.2, 0.25) is 5.78 Å². The van der Waals surface area contributed by atoms with Crippen molar-refractivity contribution in [3.63, 3.8) is 0 Å². The van der Waals surface area contributed by atoms with E-state index in [1.807, 2.05) is 0 Å². The molecule has 8 nitrogen and oxygen atoms in total. The van der Waals surface area contributed by atoms with E-state index in [0.29, 0.717) is 5.56 Å². The Hall–Kier alpha value is -4.33. The number of nitrogens with zero attached hydrogens (tertiary/aromatic N) is 2. The van der Waals surface area contributed by atoms with Crippen molar-refractivity contribution in [2.45, 2.75) is 0 Å². The van der Waals surface area contributed by atoms with E-state index < -0.39 is 10.9 Å². The summed E-state index contributed by atoms with van der Waals surface area (Å²) in [5.74, 6) is -0.332. The first kappa shape index (κ1) is 18.1. The van der Waals surface area contributed by atoms with Gasteiger partial charge in [-0.25, -0.2) is 4.79 Å². The summed E-state index contributed by atoms with van der Waals surface area (Å²) in [6.45, 7) is 0. The van der Waals surface area contributed by atoms with Crippen LogP contribution in [0.25, 0.3) is 6.08 Å². The molecule has 0 amide bonds. The van der Waals surface area contributed by atoms with Crippen molar-refractivity contribution in [3.8, 4) is 11.5 Å². The summed E-state index contributed by atoms with van der Waals surface area (Å²) in [7, 11) is 0. The summed E-state index contributed by atoms with van der Waals surface area (Å²) in [6, 6.07) is 13.0. The average molecular weight is 388 g/mol. The Labute approximate surface area is 164 Å². The van der Waals surface area contributed by atoms with Crippen LogP contribution >= 0.6 is 0 Å². The third kappa shape index (κ3) is 3.72. The molecule has 0 saturated carbocycles. The van der Waals surface area contributed by atoms with Crippen molar-refractivity contribution in [2.24, 2.45) is 0 Å². The van der Waals surface area contributed by atoms with Gasteiger partial charge in [-0.05, 0) is 48.0 Å². The van der Waals surface area contributed by atoms with Crippen molar-refractivity contribution in [1.29, 1.82) is 0 Å². The first-order chi connectivity index (χ1) is 14.0. The smallest absolute Gasteiger partial charge is 0.343 e. The second kappa shape index (κ2) is 7.35. The van der Waals surface area contributed by atoms with Crippen LogP contribution in [0.2, 0.25) is 0 Å². The van der Waals surface area contributed by atoms with Gasteiger partial charge in [0.1, 0.15) is 11.5 Å². The van der Waals surface area contributed by atoms with Crippen LogP contribution in [0.4, 0.5) is 5.69 Å². The second-order valence-electron chi connectivity index (χ2n) is 6.07. The summed E-state index contributed by atoms with van der Waals surface area (Å²) in [6.07, 6.45) is 4.82. The van der Waals surface area contributed by atoms with Crippen molar-refractivity contribution >= 4 is 23.5 Å². The number of carbonyl (C=O) groups excluding carboxylic acids is 2. The molecule has 1 aromatic heterocycles. The van der Waals surface area contributed by atoms with Crippen LogP contribution in [0.3, 0.4) is 0 Å². The molecule has 2 heterocycles. The minimum absolute atomic E-state index is 0.125. The molecule has 0 atom stereocenters. The van der Waals surface area contributed by atoms with Gasteiger partial charge in [0, 0.05) is 30.6 Å². The zero-order valence-electron chi connectivity index (χ0n) is 14.8. The molecule has 0 unspecified atom stereocenters. The van der Waals surface area contributed by atoms with Gasteiger partial charge in [0.05, 0.1) is 16.1 Å². The van der Waals surface area contributed by atoms with E-state index in [2.05, 4.69) is 4.98 Å². The molecule has 0 bridgehead atoms. The highest BCUT2D eigenvalue weighted by molar-refractivity contribution is 6.14. The zero-order valence-corrected chi connectivity index (χ0v) is 14.8. The number of allylic oxidation sites excluding steroid dienone is 1. The fourth-order valence-corrected chi connectivity index (χ4v) is 2.73. The number of hydrogen-bond donors (Lipinski definition) is 0. The van der Waals surface area contributed by atoms with Crippen LogP contribution in [0.15, 0.2) is 72.8 Å². The maximum atomic E-state index is 12.5. The quantitative estimate of drug-likeness (QED) is 0.220. The van der Waals surface area contributed by atoms with Crippen molar-refractivity contribution in [3.05, 3.63) is 99.6 Å². The fourth-order valence-electron chi connectivity index (χ4n) is 2.73. The molecule has 3 aromatic rings. The average Bonchev–Trinajstić information content (AvgIpc) is 3.03. The van der Waals surface area contributed by atoms with Gasteiger partial charge in [0.25, 0.3) is 5.69 Å². The van der Waals surface area contributed by atoms with Gasteiger partial charge < -0.3 is 9.47 Å². The lowest BCUT2D eigenvalue weighted by atomic mass is 10.1. The van der Waals surface area contributed by atoms with E-state index in [1.165, 1.54) is 42.5 Å². The Kier molecular flexibility index (Phi) is 4.58. The Morgan fingerprint density at radius 2 is 1.79 bits per heavy atom. The molecule has 1 aliphatic rings. The summed E-state index contributed by atoms with van der Waals surface area (Å²) >= 11 is 0. The van der Waals surface area contributed by atoms with Crippen LogP contribution in [0, 0.1) is 10.1 Å². The number of hydrogen-bond acceptors (Lipinski definition) is 7. The van der Waals surface area contributed by atoms with E-state index in [0.717, 1.165) is 5.56 Å². The first-order valence-electron chi connectivity index (χ1n) is 8.46. The summed E-state index contributed by atoms with van der Waals surface area (Å²) < 4.78 is 10.9. The predicted octanol–water partition coefficient (Wildman–Crippen LogP) is 3.83. The van der Waals surface area contributed by atoms with Gasteiger partial charge in [0.15, 0.2) is 5.76 Å². The molecule has 0 aliphatic carbocycles. The maximum Gasteiger partial charge on any atom is 0.343 e. The van der Waals surface area contributed by atoms with Crippen molar-refractivity contribution in [1.82, 2.24) is 4.98 Å². The number of benzene rings is 2. The molecule has 0 N–H and O–H groups in total. The third-order valence-corrected chi connectivity index (χ3v) is 4.17. The molecule has 0 fully saturated rings. The van der Waals surface area contributed by atoms with Gasteiger partial charge in [-0.1, -0.05) is 0 Å². The third-order valence-electron chi connectivity index (χ3n) is 4.17. The molecule has 142 valence electrons. The summed E-state index contributed by atoms with van der Waals surface area (Å²) in [4.78, 5) is 38.8. The number of non-ortho nitro benzene ring substituents is 1. The number of esters is 1. The minimum atomic E-state index is -0.684. The van der Waals surface area contributed by atoms with Gasteiger partial charge in [-0.15, -0.1) is 0 Å². The topological polar surface area (TPSA) is 109 Å². The predicted molar refractivity (Wildman–Crippen MR) is 102 cm³/mol. The second-order valence-corrected chi connectivity index (χ2v) is 6.07. The van der Waals surface area contributed by atoms with Gasteiger partial charge in [-0.3, -0.25) is 19.9 Å². The van der Waals surface area contributed by atoms with E-state index in [1.54, 1.807) is 30.6 Å². The monoisotopic (exact) mass is 388 g/mol. The Morgan fingerprint density at radius 3 is 2.48 bits per heavy atom. The largest absolute Gasteiger partial charge is 0.452 e. The molecule has 8 heteroatoms. The molecule has 29 heavy (non-hydrogen) atoms. The molecule has 4 rings (SSSR count). The highest BCUT2D eigenvalue weighted by Crippen LogP contribution is 2.35. The lowest BCUT2D eigenvalue weighted by Gasteiger charge is -2.05. The van der Waals surface area contributed by atoms with Crippen LogP contribution in [0.1, 0.15) is 26.3 Å². The zero-order chi connectivity index (χ0) is 20.4. The minimum Gasteiger partial charge on any atom is -0.452 e. The number of carbonyl (C=O) groups is 2. The van der Waals surface area contributed by atoms with E-state index >= 15 is 0 Å². The van der Waals surface area contributed by atoms with E-state index in [4.69, 9.17) is 9.47 Å². The summed E-state index contributed by atoms with van der Waals surface area (Å²) in [5.41, 5.74) is 1.16. The number of nitro groups is 1. The number of Topliss-reactive ketones (excluding diaryl/α,β-unsaturated/α-hetero) is 1. The Morgan fingerprint density at radius 1 is 1.07 bits per heavy atom. The van der Waals surface area contributed by atoms with Crippen molar-refractivity contribution in [2.75, 3.05) is 0 Å². The van der Waals surface area contributed by atoms with Crippen LogP contribution in [-0.2, 0) is 0 Å². The van der Waals surface area contributed by atoms with E-state index in [-0.39, 0.29) is 34.3 Å². The highest BCUT2D eigenvalue weighted by atomic mass is 16.6.